The molecule has 2 saturated carbocycles. The number of hydrogen-bond acceptors (Lipinski definition) is 4. The summed E-state index contributed by atoms with van der Waals surface area (Å²) in [4.78, 5) is 35.7. The number of amides is 2. The Hall–Kier alpha value is -3.35. The van der Waals surface area contributed by atoms with Crippen LogP contribution in [0.4, 0.5) is 4.79 Å². The summed E-state index contributed by atoms with van der Waals surface area (Å²) in [5, 5.41) is 14.9. The van der Waals surface area contributed by atoms with Gasteiger partial charge in [-0.1, -0.05) is 48.5 Å². The van der Waals surface area contributed by atoms with Crippen molar-refractivity contribution in [3.8, 4) is 11.1 Å². The van der Waals surface area contributed by atoms with Crippen LogP contribution in [0.3, 0.4) is 0 Å². The molecule has 0 unspecified atom stereocenters. The molecule has 0 bridgehead atoms. The largest absolute Gasteiger partial charge is 0.481 e. The number of alkyl carbamates (subject to hydrolysis) is 1. The monoisotopic (exact) mass is 476 g/mol. The van der Waals surface area contributed by atoms with Crippen molar-refractivity contribution < 1.29 is 24.2 Å². The molecule has 7 nitrogen and oxygen atoms in total. The van der Waals surface area contributed by atoms with Crippen molar-refractivity contribution in [2.24, 2.45) is 11.8 Å². The SMILES string of the molecule is O=C(O)C[C@H]1CC[C@@H](NC(=O)CC2CC(NC(=O)OCC3c4ccccc4-c4ccccc43)C2)C1. The summed E-state index contributed by atoms with van der Waals surface area (Å²) >= 11 is 0. The maximum atomic E-state index is 12.4. The van der Waals surface area contributed by atoms with Crippen molar-refractivity contribution in [1.82, 2.24) is 10.6 Å². The molecule has 2 fully saturated rings. The number of carbonyl (C=O) groups is 3. The molecule has 2 aromatic rings. The molecule has 5 rings (SSSR count). The number of carbonyl (C=O) groups excluding carboxylic acids is 2. The lowest BCUT2D eigenvalue weighted by atomic mass is 9.78. The van der Waals surface area contributed by atoms with Gasteiger partial charge in [-0.2, -0.15) is 0 Å². The molecule has 3 N–H and O–H groups in total. The van der Waals surface area contributed by atoms with E-state index in [4.69, 9.17) is 9.84 Å². The van der Waals surface area contributed by atoms with E-state index in [1.165, 1.54) is 22.3 Å². The van der Waals surface area contributed by atoms with Crippen LogP contribution in [0, 0.1) is 11.8 Å². The zero-order chi connectivity index (χ0) is 24.4. The topological polar surface area (TPSA) is 105 Å². The third kappa shape index (κ3) is 5.34. The van der Waals surface area contributed by atoms with Crippen molar-refractivity contribution >= 4 is 18.0 Å². The van der Waals surface area contributed by atoms with E-state index in [9.17, 15) is 14.4 Å². The molecular formula is C28H32N2O5. The Morgan fingerprint density at radius 3 is 2.09 bits per heavy atom. The molecule has 2 atom stereocenters. The highest BCUT2D eigenvalue weighted by molar-refractivity contribution is 5.79. The first kappa shape index (κ1) is 23.4. The smallest absolute Gasteiger partial charge is 0.407 e. The van der Waals surface area contributed by atoms with Gasteiger partial charge in [-0.05, 0) is 66.2 Å². The van der Waals surface area contributed by atoms with Crippen LogP contribution >= 0.6 is 0 Å². The quantitative estimate of drug-likeness (QED) is 0.522. The van der Waals surface area contributed by atoms with Crippen LogP contribution in [0.1, 0.15) is 62.0 Å². The standard InChI is InChI=1S/C28H32N2O5/c31-26(29-19-10-9-17(11-19)15-27(32)33)14-18-12-20(13-18)30-28(34)35-16-25-23-7-3-1-5-21(23)22-6-2-4-8-24(22)25/h1-8,17-20,25H,9-16H2,(H,29,31)(H,30,34)(H,32,33)/t17-,18?,19+,20?/m0/s1. The van der Waals surface area contributed by atoms with Gasteiger partial charge in [0.1, 0.15) is 6.61 Å². The first-order valence-electron chi connectivity index (χ1n) is 12.6. The second-order valence-electron chi connectivity index (χ2n) is 10.2. The van der Waals surface area contributed by atoms with E-state index in [-0.39, 0.29) is 42.2 Å². The van der Waals surface area contributed by atoms with Crippen LogP contribution in [-0.4, -0.2) is 41.8 Å². The number of hydrogen-bond donors (Lipinski definition) is 3. The maximum absolute atomic E-state index is 12.4. The molecule has 2 aromatic carbocycles. The van der Waals surface area contributed by atoms with Crippen molar-refractivity contribution in [3.05, 3.63) is 59.7 Å². The lowest BCUT2D eigenvalue weighted by Gasteiger charge is -2.35. The van der Waals surface area contributed by atoms with E-state index in [0.717, 1.165) is 32.1 Å². The van der Waals surface area contributed by atoms with Crippen molar-refractivity contribution in [2.75, 3.05) is 6.61 Å². The normalized spacial score (nSPS) is 24.7. The third-order valence-corrected chi connectivity index (χ3v) is 7.75. The van der Waals surface area contributed by atoms with E-state index in [1.54, 1.807) is 0 Å². The zero-order valence-corrected chi connectivity index (χ0v) is 19.7. The Labute approximate surface area is 205 Å². The van der Waals surface area contributed by atoms with E-state index in [1.807, 2.05) is 24.3 Å². The molecule has 0 heterocycles. The predicted molar refractivity (Wildman–Crippen MR) is 131 cm³/mol. The summed E-state index contributed by atoms with van der Waals surface area (Å²) in [7, 11) is 0. The van der Waals surface area contributed by atoms with Crippen molar-refractivity contribution in [2.45, 2.75) is 62.9 Å². The lowest BCUT2D eigenvalue weighted by Crippen LogP contribution is -2.46. The number of benzene rings is 2. The Kier molecular flexibility index (Phi) is 6.75. The van der Waals surface area contributed by atoms with E-state index in [2.05, 4.69) is 34.9 Å². The molecule has 184 valence electrons. The van der Waals surface area contributed by atoms with E-state index >= 15 is 0 Å². The number of fused-ring (bicyclic) bond motifs is 3. The molecule has 3 aliphatic carbocycles. The molecule has 0 saturated heterocycles. The predicted octanol–water partition coefficient (Wildman–Crippen LogP) is 4.45. The van der Waals surface area contributed by atoms with Gasteiger partial charge in [0.15, 0.2) is 0 Å². The Morgan fingerprint density at radius 1 is 0.800 bits per heavy atom. The zero-order valence-electron chi connectivity index (χ0n) is 19.7. The molecule has 2 amide bonds. The van der Waals surface area contributed by atoms with Gasteiger partial charge in [0.2, 0.25) is 5.91 Å². The number of aliphatic carboxylic acids is 1. The minimum absolute atomic E-state index is 0.0237. The summed E-state index contributed by atoms with van der Waals surface area (Å²) in [6, 6.07) is 16.6. The van der Waals surface area contributed by atoms with E-state index in [0.29, 0.717) is 13.0 Å². The highest BCUT2D eigenvalue weighted by Gasteiger charge is 2.34. The fourth-order valence-electron chi connectivity index (χ4n) is 6.01. The minimum Gasteiger partial charge on any atom is -0.481 e. The van der Waals surface area contributed by atoms with Gasteiger partial charge in [0.05, 0.1) is 0 Å². The van der Waals surface area contributed by atoms with Crippen LogP contribution in [0.25, 0.3) is 11.1 Å². The van der Waals surface area contributed by atoms with Crippen LogP contribution < -0.4 is 10.6 Å². The second-order valence-corrected chi connectivity index (χ2v) is 10.2. The number of carboxylic acids is 1. The van der Waals surface area contributed by atoms with Gasteiger partial charge in [-0.15, -0.1) is 0 Å². The fourth-order valence-corrected chi connectivity index (χ4v) is 6.01. The van der Waals surface area contributed by atoms with Crippen molar-refractivity contribution in [3.63, 3.8) is 0 Å². The van der Waals surface area contributed by atoms with Gasteiger partial charge in [0.25, 0.3) is 0 Å². The number of ether oxygens (including phenoxy) is 1. The van der Waals surface area contributed by atoms with Gasteiger partial charge in [-0.25, -0.2) is 4.79 Å². The average molecular weight is 477 g/mol. The molecular weight excluding hydrogens is 444 g/mol. The number of rotatable bonds is 8. The first-order valence-corrected chi connectivity index (χ1v) is 12.6. The first-order chi connectivity index (χ1) is 17.0. The summed E-state index contributed by atoms with van der Waals surface area (Å²) in [6.07, 6.45) is 4.20. The molecule has 0 aliphatic heterocycles. The summed E-state index contributed by atoms with van der Waals surface area (Å²) in [5.74, 6) is -0.295. The molecule has 3 aliphatic rings. The molecule has 0 radical (unpaired) electrons. The summed E-state index contributed by atoms with van der Waals surface area (Å²) < 4.78 is 5.62. The molecule has 0 spiro atoms. The maximum Gasteiger partial charge on any atom is 0.407 e. The summed E-state index contributed by atoms with van der Waals surface area (Å²) in [5.41, 5.74) is 4.78. The van der Waals surface area contributed by atoms with Crippen molar-refractivity contribution in [1.29, 1.82) is 0 Å². The number of carboxylic acid groups (broad SMARTS) is 1. The van der Waals surface area contributed by atoms with Gasteiger partial charge in [0, 0.05) is 30.8 Å². The average Bonchev–Trinajstić information content (AvgIpc) is 3.37. The third-order valence-electron chi connectivity index (χ3n) is 7.75. The molecule has 35 heavy (non-hydrogen) atoms. The van der Waals surface area contributed by atoms with Crippen LogP contribution in [0.2, 0.25) is 0 Å². The van der Waals surface area contributed by atoms with Gasteiger partial charge < -0.3 is 20.5 Å². The van der Waals surface area contributed by atoms with E-state index < -0.39 is 12.1 Å². The highest BCUT2D eigenvalue weighted by Crippen LogP contribution is 2.44. The summed E-state index contributed by atoms with van der Waals surface area (Å²) in [6.45, 7) is 0.294. The molecule has 0 aromatic heterocycles. The number of nitrogens with one attached hydrogen (secondary N) is 2. The second kappa shape index (κ2) is 10.1. The lowest BCUT2D eigenvalue weighted by molar-refractivity contribution is -0.138. The minimum atomic E-state index is -0.772. The Bertz CT molecular complexity index is 1060. The Balaban J connectivity index is 1.02. The highest BCUT2D eigenvalue weighted by atomic mass is 16.5. The Morgan fingerprint density at radius 2 is 1.43 bits per heavy atom. The van der Waals surface area contributed by atoms with Crippen LogP contribution in [0.5, 0.6) is 0 Å². The van der Waals surface area contributed by atoms with Gasteiger partial charge >= 0.3 is 12.1 Å². The van der Waals surface area contributed by atoms with Gasteiger partial charge in [-0.3, -0.25) is 9.59 Å². The van der Waals surface area contributed by atoms with Crippen LogP contribution in [-0.2, 0) is 14.3 Å². The van der Waals surface area contributed by atoms with Crippen LogP contribution in [0.15, 0.2) is 48.5 Å². The molecule has 7 heteroatoms. The fraction of sp³-hybridized carbons (Fsp3) is 0.464.